The monoisotopic (exact) mass is 182 g/mol. The lowest BCUT2D eigenvalue weighted by atomic mass is 9.81. The third-order valence-electron chi connectivity index (χ3n) is 2.41. The molecule has 0 aromatic carbocycles. The van der Waals surface area contributed by atoms with Crippen molar-refractivity contribution in [3.05, 3.63) is 0 Å². The van der Waals surface area contributed by atoms with Crippen molar-refractivity contribution in [1.82, 2.24) is 5.32 Å². The molecule has 0 fully saturated rings. The minimum Gasteiger partial charge on any atom is -0.371 e. The van der Waals surface area contributed by atoms with Gasteiger partial charge in [0.05, 0.1) is 12.0 Å². The van der Waals surface area contributed by atoms with E-state index in [2.05, 4.69) is 10.3 Å². The molecule has 1 heterocycles. The Bertz CT molecular complexity index is 241. The molecule has 3 nitrogen and oxygen atoms in total. The van der Waals surface area contributed by atoms with Crippen LogP contribution in [0.2, 0.25) is 0 Å². The van der Waals surface area contributed by atoms with Crippen LogP contribution in [0.3, 0.4) is 0 Å². The van der Waals surface area contributed by atoms with Gasteiger partial charge in [-0.2, -0.15) is 0 Å². The molecule has 1 aliphatic heterocycles. The standard InChI is InChI=1S/C10H18N2O/c1-7(2)8(13)10(3,4)9-11-5-6-12-9/h7H,5-6H2,1-4H3,(H,11,12). The number of carbonyl (C=O) groups excluding carboxylic acids is 1. The molecule has 0 saturated carbocycles. The van der Waals surface area contributed by atoms with Crippen LogP contribution >= 0.6 is 0 Å². The summed E-state index contributed by atoms with van der Waals surface area (Å²) in [5.41, 5.74) is -0.440. The van der Waals surface area contributed by atoms with Gasteiger partial charge < -0.3 is 5.32 Å². The molecule has 13 heavy (non-hydrogen) atoms. The molecule has 0 aliphatic carbocycles. The molecule has 3 heteroatoms. The van der Waals surface area contributed by atoms with Gasteiger partial charge in [-0.15, -0.1) is 0 Å². The minimum atomic E-state index is -0.440. The molecular formula is C10H18N2O. The number of hydrogen-bond acceptors (Lipinski definition) is 3. The van der Waals surface area contributed by atoms with E-state index in [1.807, 2.05) is 27.7 Å². The fourth-order valence-electron chi connectivity index (χ4n) is 1.65. The summed E-state index contributed by atoms with van der Waals surface area (Å²) in [5.74, 6) is 1.17. The molecule has 0 radical (unpaired) electrons. The maximum absolute atomic E-state index is 11.8. The van der Waals surface area contributed by atoms with Crippen LogP contribution in [0.15, 0.2) is 4.99 Å². The first-order valence-electron chi connectivity index (χ1n) is 4.79. The van der Waals surface area contributed by atoms with Crippen molar-refractivity contribution in [3.63, 3.8) is 0 Å². The third kappa shape index (κ3) is 1.90. The molecule has 74 valence electrons. The zero-order valence-electron chi connectivity index (χ0n) is 8.85. The summed E-state index contributed by atoms with van der Waals surface area (Å²) in [6.07, 6.45) is 0. The molecule has 1 rings (SSSR count). The SMILES string of the molecule is CC(C)C(=O)C(C)(C)C1=NCCN1. The van der Waals surface area contributed by atoms with Crippen molar-refractivity contribution in [2.75, 3.05) is 13.1 Å². The van der Waals surface area contributed by atoms with Crippen LogP contribution < -0.4 is 5.32 Å². The predicted octanol–water partition coefficient (Wildman–Crippen LogP) is 1.24. The van der Waals surface area contributed by atoms with E-state index in [0.29, 0.717) is 0 Å². The maximum atomic E-state index is 11.8. The molecule has 0 bridgehead atoms. The van der Waals surface area contributed by atoms with Crippen LogP contribution in [0.1, 0.15) is 27.7 Å². The summed E-state index contributed by atoms with van der Waals surface area (Å²) >= 11 is 0. The van der Waals surface area contributed by atoms with E-state index >= 15 is 0 Å². The highest BCUT2D eigenvalue weighted by Gasteiger charge is 2.35. The van der Waals surface area contributed by atoms with Crippen molar-refractivity contribution in [3.8, 4) is 0 Å². The normalized spacial score (nSPS) is 17.2. The Balaban J connectivity index is 2.80. The molecule has 0 atom stereocenters. The largest absolute Gasteiger partial charge is 0.371 e. The Hall–Kier alpha value is -0.860. The van der Waals surface area contributed by atoms with Crippen LogP contribution in [0.25, 0.3) is 0 Å². The predicted molar refractivity (Wildman–Crippen MR) is 53.9 cm³/mol. The van der Waals surface area contributed by atoms with E-state index in [4.69, 9.17) is 0 Å². The number of aliphatic imine (C=N–C) groups is 1. The summed E-state index contributed by atoms with van der Waals surface area (Å²) in [7, 11) is 0. The van der Waals surface area contributed by atoms with E-state index in [-0.39, 0.29) is 11.7 Å². The zero-order valence-corrected chi connectivity index (χ0v) is 8.85. The lowest BCUT2D eigenvalue weighted by molar-refractivity contribution is -0.127. The summed E-state index contributed by atoms with van der Waals surface area (Å²) < 4.78 is 0. The highest BCUT2D eigenvalue weighted by molar-refractivity contribution is 6.08. The number of nitrogens with one attached hydrogen (secondary N) is 1. The number of hydrogen-bond donors (Lipinski definition) is 1. The summed E-state index contributed by atoms with van der Waals surface area (Å²) in [6, 6.07) is 0. The number of nitrogens with zero attached hydrogens (tertiary/aromatic N) is 1. The Kier molecular flexibility index (Phi) is 2.74. The second-order valence-corrected chi connectivity index (χ2v) is 4.30. The van der Waals surface area contributed by atoms with E-state index in [9.17, 15) is 4.79 Å². The minimum absolute atomic E-state index is 0.0695. The van der Waals surface area contributed by atoms with Crippen molar-refractivity contribution >= 4 is 11.6 Å². The first-order chi connectivity index (χ1) is 5.96. The van der Waals surface area contributed by atoms with Crippen LogP contribution in [-0.4, -0.2) is 24.7 Å². The summed E-state index contributed by atoms with van der Waals surface area (Å²) in [5, 5.41) is 3.16. The van der Waals surface area contributed by atoms with Gasteiger partial charge in [-0.25, -0.2) is 0 Å². The average Bonchev–Trinajstić information content (AvgIpc) is 2.54. The highest BCUT2D eigenvalue weighted by Crippen LogP contribution is 2.23. The maximum Gasteiger partial charge on any atom is 0.148 e. The Morgan fingerprint density at radius 3 is 2.54 bits per heavy atom. The Morgan fingerprint density at radius 1 is 1.54 bits per heavy atom. The second kappa shape index (κ2) is 3.48. The molecule has 0 unspecified atom stereocenters. The molecule has 0 aromatic rings. The quantitative estimate of drug-likeness (QED) is 0.713. The van der Waals surface area contributed by atoms with Gasteiger partial charge in [0.25, 0.3) is 0 Å². The van der Waals surface area contributed by atoms with E-state index < -0.39 is 5.41 Å². The van der Waals surface area contributed by atoms with E-state index in [1.165, 1.54) is 0 Å². The van der Waals surface area contributed by atoms with Crippen molar-refractivity contribution in [2.45, 2.75) is 27.7 Å². The van der Waals surface area contributed by atoms with Gasteiger partial charge in [0, 0.05) is 12.5 Å². The average molecular weight is 182 g/mol. The van der Waals surface area contributed by atoms with Crippen LogP contribution in [0.5, 0.6) is 0 Å². The van der Waals surface area contributed by atoms with Gasteiger partial charge in [0.15, 0.2) is 0 Å². The lowest BCUT2D eigenvalue weighted by Gasteiger charge is -2.25. The van der Waals surface area contributed by atoms with Crippen LogP contribution in [0, 0.1) is 11.3 Å². The molecular weight excluding hydrogens is 164 g/mol. The fourth-order valence-corrected chi connectivity index (χ4v) is 1.65. The number of amidine groups is 1. The molecule has 0 spiro atoms. The molecule has 1 N–H and O–H groups in total. The molecule has 0 aromatic heterocycles. The summed E-state index contributed by atoms with van der Waals surface area (Å²) in [4.78, 5) is 16.1. The number of rotatable bonds is 3. The van der Waals surface area contributed by atoms with Crippen molar-refractivity contribution < 1.29 is 4.79 Å². The van der Waals surface area contributed by atoms with E-state index in [0.717, 1.165) is 18.9 Å². The van der Waals surface area contributed by atoms with Crippen LogP contribution in [-0.2, 0) is 4.79 Å². The third-order valence-corrected chi connectivity index (χ3v) is 2.41. The van der Waals surface area contributed by atoms with Gasteiger partial charge >= 0.3 is 0 Å². The smallest absolute Gasteiger partial charge is 0.148 e. The van der Waals surface area contributed by atoms with E-state index in [1.54, 1.807) is 0 Å². The van der Waals surface area contributed by atoms with Crippen LogP contribution in [0.4, 0.5) is 0 Å². The van der Waals surface area contributed by atoms with Crippen molar-refractivity contribution in [2.24, 2.45) is 16.3 Å². The van der Waals surface area contributed by atoms with Gasteiger partial charge in [-0.3, -0.25) is 9.79 Å². The molecule has 1 aliphatic rings. The lowest BCUT2D eigenvalue weighted by Crippen LogP contribution is -2.42. The fraction of sp³-hybridized carbons (Fsp3) is 0.800. The Morgan fingerprint density at radius 2 is 2.15 bits per heavy atom. The first-order valence-corrected chi connectivity index (χ1v) is 4.79. The van der Waals surface area contributed by atoms with Gasteiger partial charge in [-0.1, -0.05) is 13.8 Å². The Labute approximate surface area is 79.6 Å². The highest BCUT2D eigenvalue weighted by atomic mass is 16.1. The van der Waals surface area contributed by atoms with Gasteiger partial charge in [0.1, 0.15) is 11.6 Å². The number of carbonyl (C=O) groups is 1. The zero-order chi connectivity index (χ0) is 10.1. The summed E-state index contributed by atoms with van der Waals surface area (Å²) in [6.45, 7) is 9.40. The topological polar surface area (TPSA) is 41.5 Å². The van der Waals surface area contributed by atoms with Gasteiger partial charge in [-0.05, 0) is 13.8 Å². The van der Waals surface area contributed by atoms with Gasteiger partial charge in [0.2, 0.25) is 0 Å². The first kappa shape index (κ1) is 10.2. The van der Waals surface area contributed by atoms with Crippen molar-refractivity contribution in [1.29, 1.82) is 0 Å². The molecule has 0 saturated heterocycles. The second-order valence-electron chi connectivity index (χ2n) is 4.30. The number of Topliss-reactive ketones (excluding diaryl/α,β-unsaturated/α-hetero) is 1. The molecule has 0 amide bonds. The number of ketones is 1.